The van der Waals surface area contributed by atoms with Crippen LogP contribution in [0.25, 0.3) is 0 Å². The minimum Gasteiger partial charge on any atom is -0.379 e. The molecule has 1 fully saturated rings. The van der Waals surface area contributed by atoms with E-state index in [1.807, 2.05) is 13.8 Å². The predicted molar refractivity (Wildman–Crippen MR) is 96.8 cm³/mol. The third kappa shape index (κ3) is 12.0. The predicted octanol–water partition coefficient (Wildman–Crippen LogP) is 5.86. The first-order valence-corrected chi connectivity index (χ1v) is 10.0. The van der Waals surface area contributed by atoms with E-state index in [1.165, 1.54) is 77.0 Å². The highest BCUT2D eigenvalue weighted by molar-refractivity contribution is 4.70. The zero-order valence-electron chi connectivity index (χ0n) is 15.9. The highest BCUT2D eigenvalue weighted by Crippen LogP contribution is 2.22. The van der Waals surface area contributed by atoms with Crippen LogP contribution in [0.2, 0.25) is 0 Å². The van der Waals surface area contributed by atoms with Gasteiger partial charge in [0, 0.05) is 6.61 Å². The Morgan fingerprint density at radius 2 is 1.35 bits per heavy atom. The summed E-state index contributed by atoms with van der Waals surface area (Å²) in [6.45, 7) is 8.38. The van der Waals surface area contributed by atoms with Crippen molar-refractivity contribution in [3.8, 4) is 0 Å². The Morgan fingerprint density at radius 1 is 0.826 bits per heavy atom. The lowest BCUT2D eigenvalue weighted by Crippen LogP contribution is -2.24. The van der Waals surface area contributed by atoms with Gasteiger partial charge in [0.1, 0.15) is 6.10 Å². The molecule has 0 spiro atoms. The average Bonchev–Trinajstić information content (AvgIpc) is 2.87. The molecule has 1 aliphatic heterocycles. The second kappa shape index (κ2) is 13.2. The second-order valence-electron chi connectivity index (χ2n) is 7.41. The zero-order valence-corrected chi connectivity index (χ0v) is 15.9. The molecule has 1 heterocycles. The molecule has 0 saturated carbocycles. The molecular weight excluding hydrogens is 288 g/mol. The minimum absolute atomic E-state index is 0.113. The number of unbranched alkanes of at least 4 members (excludes halogenated alkanes) is 11. The van der Waals surface area contributed by atoms with Gasteiger partial charge in [0.25, 0.3) is 0 Å². The van der Waals surface area contributed by atoms with Crippen LogP contribution < -0.4 is 0 Å². The molecule has 0 aliphatic carbocycles. The zero-order chi connectivity index (χ0) is 16.8. The van der Waals surface area contributed by atoms with E-state index in [2.05, 4.69) is 6.92 Å². The first-order chi connectivity index (χ1) is 11.1. The van der Waals surface area contributed by atoms with Gasteiger partial charge in [-0.15, -0.1) is 0 Å². The lowest BCUT2D eigenvalue weighted by atomic mass is 10.1. The third-order valence-corrected chi connectivity index (χ3v) is 4.51. The summed E-state index contributed by atoms with van der Waals surface area (Å²) in [6, 6.07) is 0. The molecule has 1 saturated heterocycles. The van der Waals surface area contributed by atoms with Crippen LogP contribution >= 0.6 is 0 Å². The first kappa shape index (κ1) is 20.9. The lowest BCUT2D eigenvalue weighted by Gasteiger charge is -2.17. The molecule has 0 aromatic rings. The smallest absolute Gasteiger partial charge is 0.163 e. The average molecular weight is 329 g/mol. The molecule has 1 rings (SSSR count). The summed E-state index contributed by atoms with van der Waals surface area (Å²) in [5.41, 5.74) is 0. The summed E-state index contributed by atoms with van der Waals surface area (Å²) < 4.78 is 16.9. The van der Waals surface area contributed by atoms with Crippen LogP contribution in [0.3, 0.4) is 0 Å². The SMILES string of the molecule is CCCCCCCCCCCCCCOCC1COC(C)(C)O1. The summed E-state index contributed by atoms with van der Waals surface area (Å²) in [4.78, 5) is 0. The van der Waals surface area contributed by atoms with Crippen LogP contribution in [-0.2, 0) is 14.2 Å². The van der Waals surface area contributed by atoms with Crippen LogP contribution in [0.4, 0.5) is 0 Å². The van der Waals surface area contributed by atoms with Crippen molar-refractivity contribution >= 4 is 0 Å². The van der Waals surface area contributed by atoms with E-state index in [4.69, 9.17) is 14.2 Å². The highest BCUT2D eigenvalue weighted by Gasteiger charge is 2.32. The van der Waals surface area contributed by atoms with Crippen LogP contribution in [0, 0.1) is 0 Å². The summed E-state index contributed by atoms with van der Waals surface area (Å²) in [6.07, 6.45) is 16.7. The van der Waals surface area contributed by atoms with Crippen LogP contribution in [0.1, 0.15) is 97.8 Å². The summed E-state index contributed by atoms with van der Waals surface area (Å²) in [7, 11) is 0. The maximum absolute atomic E-state index is 5.71. The van der Waals surface area contributed by atoms with Gasteiger partial charge in [-0.3, -0.25) is 0 Å². The van der Waals surface area contributed by atoms with Gasteiger partial charge >= 0.3 is 0 Å². The van der Waals surface area contributed by atoms with Gasteiger partial charge < -0.3 is 14.2 Å². The van der Waals surface area contributed by atoms with Gasteiger partial charge in [-0.05, 0) is 20.3 Å². The van der Waals surface area contributed by atoms with Crippen molar-refractivity contribution in [2.24, 2.45) is 0 Å². The van der Waals surface area contributed by atoms with E-state index in [1.54, 1.807) is 0 Å². The van der Waals surface area contributed by atoms with E-state index < -0.39 is 5.79 Å². The maximum atomic E-state index is 5.71. The Balaban J connectivity index is 1.72. The fourth-order valence-electron chi connectivity index (χ4n) is 3.11. The molecule has 0 amide bonds. The van der Waals surface area contributed by atoms with Gasteiger partial charge in [-0.2, -0.15) is 0 Å². The Hall–Kier alpha value is -0.120. The van der Waals surface area contributed by atoms with E-state index >= 15 is 0 Å². The number of rotatable bonds is 15. The van der Waals surface area contributed by atoms with Gasteiger partial charge in [0.15, 0.2) is 5.79 Å². The van der Waals surface area contributed by atoms with Gasteiger partial charge in [0.2, 0.25) is 0 Å². The fourth-order valence-corrected chi connectivity index (χ4v) is 3.11. The highest BCUT2D eigenvalue weighted by atomic mass is 16.7. The molecule has 1 unspecified atom stereocenters. The normalized spacial score (nSPS) is 20.2. The number of hydrogen-bond acceptors (Lipinski definition) is 3. The topological polar surface area (TPSA) is 27.7 Å². The van der Waals surface area contributed by atoms with E-state index in [0.29, 0.717) is 13.2 Å². The van der Waals surface area contributed by atoms with Crippen molar-refractivity contribution in [3.05, 3.63) is 0 Å². The molecule has 1 aliphatic rings. The van der Waals surface area contributed by atoms with Crippen LogP contribution in [0.5, 0.6) is 0 Å². The summed E-state index contributed by atoms with van der Waals surface area (Å²) >= 11 is 0. The largest absolute Gasteiger partial charge is 0.379 e. The van der Waals surface area contributed by atoms with E-state index in [-0.39, 0.29) is 6.10 Å². The summed E-state index contributed by atoms with van der Waals surface area (Å²) in [5.74, 6) is -0.427. The van der Waals surface area contributed by atoms with Gasteiger partial charge in [-0.25, -0.2) is 0 Å². The van der Waals surface area contributed by atoms with Gasteiger partial charge in [-0.1, -0.05) is 77.6 Å². The monoisotopic (exact) mass is 328 g/mol. The maximum Gasteiger partial charge on any atom is 0.163 e. The molecule has 0 N–H and O–H groups in total. The Bertz CT molecular complexity index is 266. The molecule has 23 heavy (non-hydrogen) atoms. The molecule has 0 bridgehead atoms. The van der Waals surface area contributed by atoms with Crippen LogP contribution in [0.15, 0.2) is 0 Å². The molecule has 0 aromatic carbocycles. The van der Waals surface area contributed by atoms with Crippen molar-refractivity contribution in [3.63, 3.8) is 0 Å². The van der Waals surface area contributed by atoms with Crippen molar-refractivity contribution < 1.29 is 14.2 Å². The minimum atomic E-state index is -0.427. The lowest BCUT2D eigenvalue weighted by molar-refractivity contribution is -0.145. The van der Waals surface area contributed by atoms with Gasteiger partial charge in [0.05, 0.1) is 13.2 Å². The van der Waals surface area contributed by atoms with Crippen molar-refractivity contribution in [1.29, 1.82) is 0 Å². The molecule has 3 nitrogen and oxygen atoms in total. The summed E-state index contributed by atoms with van der Waals surface area (Å²) in [5, 5.41) is 0. The number of ether oxygens (including phenoxy) is 3. The Morgan fingerprint density at radius 3 is 1.83 bits per heavy atom. The second-order valence-corrected chi connectivity index (χ2v) is 7.41. The van der Waals surface area contributed by atoms with Crippen molar-refractivity contribution in [2.75, 3.05) is 19.8 Å². The van der Waals surface area contributed by atoms with E-state index in [0.717, 1.165) is 6.61 Å². The van der Waals surface area contributed by atoms with Crippen LogP contribution in [-0.4, -0.2) is 31.7 Å². The van der Waals surface area contributed by atoms with E-state index in [9.17, 15) is 0 Å². The fraction of sp³-hybridized carbons (Fsp3) is 1.00. The number of hydrogen-bond donors (Lipinski definition) is 0. The molecule has 0 radical (unpaired) electrons. The first-order valence-electron chi connectivity index (χ1n) is 10.0. The van der Waals surface area contributed by atoms with Crippen molar-refractivity contribution in [2.45, 2.75) is 110 Å². The quantitative estimate of drug-likeness (QED) is 0.353. The molecule has 138 valence electrons. The van der Waals surface area contributed by atoms with Crippen molar-refractivity contribution in [1.82, 2.24) is 0 Å². The Labute approximate surface area is 144 Å². The molecule has 1 atom stereocenters. The molecule has 0 aromatic heterocycles. The Kier molecular flexibility index (Phi) is 12.0. The third-order valence-electron chi connectivity index (χ3n) is 4.51. The molecule has 3 heteroatoms. The molecular formula is C20H40O3. The standard InChI is InChI=1S/C20H40O3/c1-4-5-6-7-8-9-10-11-12-13-14-15-16-21-17-19-18-22-20(2,3)23-19/h19H,4-18H2,1-3H3.